The summed E-state index contributed by atoms with van der Waals surface area (Å²) in [5.74, 6) is -0.870. The monoisotopic (exact) mass is 305 g/mol. The summed E-state index contributed by atoms with van der Waals surface area (Å²) in [4.78, 5) is 28.5. The molecule has 0 bridgehead atoms. The molecule has 0 saturated heterocycles. The summed E-state index contributed by atoms with van der Waals surface area (Å²) in [6, 6.07) is 21.7. The first-order valence-corrected chi connectivity index (χ1v) is 7.10. The highest BCUT2D eigenvalue weighted by Gasteiger charge is 2.21. The van der Waals surface area contributed by atoms with E-state index in [4.69, 9.17) is 5.73 Å². The van der Waals surface area contributed by atoms with E-state index in [0.717, 1.165) is 11.4 Å². The van der Waals surface area contributed by atoms with Gasteiger partial charge in [-0.3, -0.25) is 14.5 Å². The number of amides is 2. The highest BCUT2D eigenvalue weighted by atomic mass is 16.2. The molecule has 0 fully saturated rings. The average molecular weight is 305 g/mol. The molecule has 0 aliphatic carbocycles. The van der Waals surface area contributed by atoms with Crippen LogP contribution in [0.25, 0.3) is 0 Å². The van der Waals surface area contributed by atoms with Gasteiger partial charge in [0, 0.05) is 11.4 Å². The number of nitrogens with zero attached hydrogens (tertiary/aromatic N) is 1. The molecule has 0 spiro atoms. The number of nitrogens with one attached hydrogen (secondary N) is 1. The Hall–Kier alpha value is -3.34. The molecule has 5 heteroatoms. The SMILES string of the molecule is NC(=O)c1ccc(C(=O)N(c2ccccc2)c2ccccc2)[nH]1. The standard InChI is InChI=1S/C18H15N3O2/c19-17(22)15-11-12-16(20-15)18(23)21(13-7-3-1-4-8-13)14-9-5-2-6-10-14/h1-12,20H,(H2,19,22). The van der Waals surface area contributed by atoms with Gasteiger partial charge in [-0.05, 0) is 36.4 Å². The second-order valence-electron chi connectivity index (χ2n) is 4.96. The lowest BCUT2D eigenvalue weighted by Gasteiger charge is -2.22. The summed E-state index contributed by atoms with van der Waals surface area (Å²) in [6.45, 7) is 0. The Kier molecular flexibility index (Phi) is 3.93. The predicted octanol–water partition coefficient (Wildman–Crippen LogP) is 3.09. The van der Waals surface area contributed by atoms with Gasteiger partial charge in [-0.2, -0.15) is 0 Å². The van der Waals surface area contributed by atoms with Crippen molar-refractivity contribution in [2.24, 2.45) is 5.73 Å². The van der Waals surface area contributed by atoms with E-state index < -0.39 is 5.91 Å². The molecule has 0 aliphatic heterocycles. The van der Waals surface area contributed by atoms with Gasteiger partial charge in [-0.25, -0.2) is 0 Å². The third-order valence-electron chi connectivity index (χ3n) is 3.41. The topological polar surface area (TPSA) is 79.2 Å². The van der Waals surface area contributed by atoms with Crippen molar-refractivity contribution in [1.82, 2.24) is 4.98 Å². The van der Waals surface area contributed by atoms with Crippen molar-refractivity contribution in [2.45, 2.75) is 0 Å². The molecule has 3 rings (SSSR count). The van der Waals surface area contributed by atoms with E-state index in [9.17, 15) is 9.59 Å². The van der Waals surface area contributed by atoms with Crippen LogP contribution in [0.3, 0.4) is 0 Å². The number of hydrogen-bond acceptors (Lipinski definition) is 2. The maximum absolute atomic E-state index is 12.9. The summed E-state index contributed by atoms with van der Waals surface area (Å²) < 4.78 is 0. The largest absolute Gasteiger partial charge is 0.364 e. The Balaban J connectivity index is 2.04. The van der Waals surface area contributed by atoms with Crippen molar-refractivity contribution >= 4 is 23.2 Å². The van der Waals surface area contributed by atoms with Gasteiger partial charge in [-0.15, -0.1) is 0 Å². The first-order chi connectivity index (χ1) is 11.2. The minimum atomic E-state index is -0.602. The fraction of sp³-hybridized carbons (Fsp3) is 0. The van der Waals surface area contributed by atoms with E-state index in [1.165, 1.54) is 6.07 Å². The summed E-state index contributed by atoms with van der Waals surface area (Å²) in [5.41, 5.74) is 7.20. The molecule has 5 nitrogen and oxygen atoms in total. The lowest BCUT2D eigenvalue weighted by atomic mass is 10.2. The number of carbonyl (C=O) groups is 2. The molecule has 0 radical (unpaired) electrons. The smallest absolute Gasteiger partial charge is 0.279 e. The Bertz CT molecular complexity index is 786. The minimum Gasteiger partial charge on any atom is -0.364 e. The molecule has 2 amide bonds. The van der Waals surface area contributed by atoms with E-state index in [-0.39, 0.29) is 11.6 Å². The second-order valence-corrected chi connectivity index (χ2v) is 4.96. The number of para-hydroxylation sites is 2. The Morgan fingerprint density at radius 3 is 1.65 bits per heavy atom. The molecule has 114 valence electrons. The third kappa shape index (κ3) is 2.98. The number of anilines is 2. The average Bonchev–Trinajstić information content (AvgIpc) is 3.07. The van der Waals surface area contributed by atoms with Crippen LogP contribution >= 0.6 is 0 Å². The number of benzene rings is 2. The maximum atomic E-state index is 12.9. The van der Waals surface area contributed by atoms with Crippen molar-refractivity contribution in [1.29, 1.82) is 0 Å². The van der Waals surface area contributed by atoms with Crippen molar-refractivity contribution in [3.8, 4) is 0 Å². The molecule has 23 heavy (non-hydrogen) atoms. The van der Waals surface area contributed by atoms with Crippen LogP contribution in [0.4, 0.5) is 11.4 Å². The fourth-order valence-electron chi connectivity index (χ4n) is 2.32. The molecule has 3 aromatic rings. The van der Waals surface area contributed by atoms with Crippen LogP contribution in [0.1, 0.15) is 21.0 Å². The molecule has 3 N–H and O–H groups in total. The quantitative estimate of drug-likeness (QED) is 0.777. The van der Waals surface area contributed by atoms with Crippen LogP contribution in [-0.2, 0) is 0 Å². The molecule has 0 aliphatic rings. The van der Waals surface area contributed by atoms with Crippen LogP contribution in [0.5, 0.6) is 0 Å². The number of hydrogen-bond donors (Lipinski definition) is 2. The zero-order chi connectivity index (χ0) is 16.2. The highest BCUT2D eigenvalue weighted by Crippen LogP contribution is 2.26. The summed E-state index contributed by atoms with van der Waals surface area (Å²) in [5, 5.41) is 0. The summed E-state index contributed by atoms with van der Waals surface area (Å²) in [7, 11) is 0. The van der Waals surface area contributed by atoms with E-state index in [0.29, 0.717) is 5.69 Å². The van der Waals surface area contributed by atoms with Gasteiger partial charge in [0.2, 0.25) is 0 Å². The third-order valence-corrected chi connectivity index (χ3v) is 3.41. The zero-order valence-electron chi connectivity index (χ0n) is 12.3. The van der Waals surface area contributed by atoms with Crippen molar-refractivity contribution in [3.05, 3.63) is 84.2 Å². The Morgan fingerprint density at radius 1 is 0.739 bits per heavy atom. The maximum Gasteiger partial charge on any atom is 0.279 e. The van der Waals surface area contributed by atoms with Crippen LogP contribution in [0.2, 0.25) is 0 Å². The summed E-state index contributed by atoms with van der Waals surface area (Å²) in [6.07, 6.45) is 0. The van der Waals surface area contributed by atoms with Gasteiger partial charge in [0.1, 0.15) is 11.4 Å². The fourth-order valence-corrected chi connectivity index (χ4v) is 2.32. The van der Waals surface area contributed by atoms with Crippen molar-refractivity contribution < 1.29 is 9.59 Å². The highest BCUT2D eigenvalue weighted by molar-refractivity contribution is 6.10. The molecule has 0 saturated carbocycles. The van der Waals surface area contributed by atoms with Crippen LogP contribution in [-0.4, -0.2) is 16.8 Å². The molecule has 1 heterocycles. The van der Waals surface area contributed by atoms with E-state index in [2.05, 4.69) is 4.98 Å². The molecule has 1 aromatic heterocycles. The van der Waals surface area contributed by atoms with Gasteiger partial charge < -0.3 is 10.7 Å². The van der Waals surface area contributed by atoms with Gasteiger partial charge in [-0.1, -0.05) is 36.4 Å². The molecular weight excluding hydrogens is 290 g/mol. The molecule has 0 atom stereocenters. The van der Waals surface area contributed by atoms with Crippen LogP contribution in [0.15, 0.2) is 72.8 Å². The number of carbonyl (C=O) groups excluding carboxylic acids is 2. The van der Waals surface area contributed by atoms with Gasteiger partial charge in [0.25, 0.3) is 11.8 Å². The van der Waals surface area contributed by atoms with Gasteiger partial charge in [0.05, 0.1) is 0 Å². The van der Waals surface area contributed by atoms with Crippen molar-refractivity contribution in [2.75, 3.05) is 4.90 Å². The van der Waals surface area contributed by atoms with E-state index in [1.807, 2.05) is 60.7 Å². The number of aromatic amines is 1. The summed E-state index contributed by atoms with van der Waals surface area (Å²) >= 11 is 0. The van der Waals surface area contributed by atoms with Crippen LogP contribution in [0, 0.1) is 0 Å². The van der Waals surface area contributed by atoms with E-state index >= 15 is 0 Å². The van der Waals surface area contributed by atoms with Gasteiger partial charge in [0.15, 0.2) is 0 Å². The number of aromatic nitrogens is 1. The predicted molar refractivity (Wildman–Crippen MR) is 88.7 cm³/mol. The van der Waals surface area contributed by atoms with Crippen molar-refractivity contribution in [3.63, 3.8) is 0 Å². The first-order valence-electron chi connectivity index (χ1n) is 7.10. The normalized spacial score (nSPS) is 10.3. The lowest BCUT2D eigenvalue weighted by Crippen LogP contribution is -2.26. The molecule has 2 aromatic carbocycles. The molecule has 0 unspecified atom stereocenters. The number of primary amides is 1. The van der Waals surface area contributed by atoms with E-state index in [1.54, 1.807) is 11.0 Å². The Morgan fingerprint density at radius 2 is 1.22 bits per heavy atom. The zero-order valence-corrected chi connectivity index (χ0v) is 12.3. The lowest BCUT2D eigenvalue weighted by molar-refractivity contribution is 0.0994. The number of rotatable bonds is 4. The minimum absolute atomic E-state index is 0.203. The second kappa shape index (κ2) is 6.19. The number of H-pyrrole nitrogens is 1. The number of nitrogens with two attached hydrogens (primary N) is 1. The Labute approximate surface area is 133 Å². The first kappa shape index (κ1) is 14.6. The van der Waals surface area contributed by atoms with Crippen LogP contribution < -0.4 is 10.6 Å². The molecular formula is C18H15N3O2. The van der Waals surface area contributed by atoms with Gasteiger partial charge >= 0.3 is 0 Å².